The van der Waals surface area contributed by atoms with Crippen LogP contribution in [0, 0.1) is 0 Å². The molecule has 0 aliphatic carbocycles. The van der Waals surface area contributed by atoms with Crippen molar-refractivity contribution >= 4 is 35.7 Å². The molecule has 0 aromatic heterocycles. The van der Waals surface area contributed by atoms with Gasteiger partial charge in [-0.05, 0) is 0 Å². The van der Waals surface area contributed by atoms with Crippen molar-refractivity contribution in [2.45, 2.75) is 12.1 Å². The molecular weight excluding hydrogens is 348 g/mol. The zero-order valence-corrected chi connectivity index (χ0v) is 13.0. The maximum atomic E-state index is 11.3. The van der Waals surface area contributed by atoms with Crippen LogP contribution in [-0.2, 0) is 19.2 Å². The van der Waals surface area contributed by atoms with E-state index >= 15 is 0 Å². The van der Waals surface area contributed by atoms with Crippen molar-refractivity contribution in [2.24, 2.45) is 10.2 Å². The van der Waals surface area contributed by atoms with Gasteiger partial charge >= 0.3 is 12.1 Å². The van der Waals surface area contributed by atoms with Crippen molar-refractivity contribution in [2.75, 3.05) is 0 Å². The minimum absolute atomic E-state index is 1.01. The second-order valence-electron chi connectivity index (χ2n) is 4.81. The average Bonchev–Trinajstić information content (AvgIpc) is 2.58. The Balaban J connectivity index is 0.000000342. The molecule has 2 saturated heterocycles. The van der Waals surface area contributed by atoms with Crippen molar-refractivity contribution in [3.05, 3.63) is 36.4 Å². The van der Waals surface area contributed by atoms with E-state index in [2.05, 4.69) is 10.2 Å². The number of barbiturate groups is 2. The molecule has 2 fully saturated rings. The Bertz CT molecular complexity index is 676. The molecular formula is C14H12N6O6. The van der Waals surface area contributed by atoms with E-state index < -0.39 is 47.8 Å². The van der Waals surface area contributed by atoms with E-state index in [1.54, 1.807) is 21.3 Å². The van der Waals surface area contributed by atoms with Crippen molar-refractivity contribution in [3.8, 4) is 0 Å². The number of rotatable bonds is 2. The number of hydrogen-bond acceptors (Lipinski definition) is 8. The maximum Gasteiger partial charge on any atom is 0.328 e. The summed E-state index contributed by atoms with van der Waals surface area (Å²) in [5, 5.41) is 13.5. The van der Waals surface area contributed by atoms with Gasteiger partial charge in [0.25, 0.3) is 23.6 Å². The summed E-state index contributed by atoms with van der Waals surface area (Å²) < 4.78 is 0. The first-order chi connectivity index (χ1) is 12.4. The highest BCUT2D eigenvalue weighted by Gasteiger charge is 2.37. The molecule has 2 aliphatic heterocycles. The van der Waals surface area contributed by atoms with Crippen molar-refractivity contribution in [1.29, 1.82) is 0 Å². The summed E-state index contributed by atoms with van der Waals surface area (Å²) in [6.07, 6.45) is 0. The Morgan fingerprint density at radius 1 is 0.500 bits per heavy atom. The fourth-order valence-electron chi connectivity index (χ4n) is 1.75. The molecule has 4 N–H and O–H groups in total. The molecule has 3 rings (SSSR count). The molecule has 12 heteroatoms. The number of nitrogens with zero attached hydrogens (tertiary/aromatic N) is 2. The molecule has 0 atom stereocenters. The third kappa shape index (κ3) is 4.77. The Morgan fingerprint density at radius 2 is 0.731 bits per heavy atom. The summed E-state index contributed by atoms with van der Waals surface area (Å²) in [6, 6.07) is 6.58. The van der Waals surface area contributed by atoms with Crippen LogP contribution in [0.2, 0.25) is 0 Å². The minimum atomic E-state index is -1.70. The number of amides is 8. The topological polar surface area (TPSA) is 175 Å². The Morgan fingerprint density at radius 3 is 0.962 bits per heavy atom. The molecule has 8 amide bonds. The third-order valence-corrected chi connectivity index (χ3v) is 2.90. The average molecular weight is 360 g/mol. The molecule has 1 aromatic carbocycles. The van der Waals surface area contributed by atoms with E-state index in [4.69, 9.17) is 0 Å². The number of hydrogen-bond donors (Lipinski definition) is 4. The van der Waals surface area contributed by atoms with E-state index in [0.717, 1.165) is 0 Å². The lowest BCUT2D eigenvalue weighted by Crippen LogP contribution is -2.59. The number of carbonyl (C=O) groups excluding carboxylic acids is 6. The van der Waals surface area contributed by atoms with Crippen LogP contribution in [-0.4, -0.2) is 47.8 Å². The molecule has 1 aromatic rings. The molecule has 134 valence electrons. The van der Waals surface area contributed by atoms with E-state index in [-0.39, 0.29) is 0 Å². The smallest absolute Gasteiger partial charge is 0.275 e. The van der Waals surface area contributed by atoms with Gasteiger partial charge in [0.2, 0.25) is 12.1 Å². The first-order valence-corrected chi connectivity index (χ1v) is 7.10. The SMILES string of the molecule is O=C1NC(=O)C(N=NC2C(=O)NC(=O)NC2=O)C(=O)N1.c1ccccc1. The van der Waals surface area contributed by atoms with Gasteiger partial charge in [0.15, 0.2) is 0 Å². The molecule has 12 nitrogen and oxygen atoms in total. The van der Waals surface area contributed by atoms with Crippen LogP contribution < -0.4 is 21.3 Å². The fourth-order valence-corrected chi connectivity index (χ4v) is 1.75. The third-order valence-electron chi connectivity index (χ3n) is 2.90. The van der Waals surface area contributed by atoms with Crippen LogP contribution in [0.3, 0.4) is 0 Å². The summed E-state index contributed by atoms with van der Waals surface area (Å²) >= 11 is 0. The first kappa shape index (κ1) is 18.4. The lowest BCUT2D eigenvalue weighted by atomic mass is 10.2. The molecule has 0 bridgehead atoms. The van der Waals surface area contributed by atoms with Gasteiger partial charge < -0.3 is 0 Å². The van der Waals surface area contributed by atoms with Gasteiger partial charge in [-0.15, -0.1) is 0 Å². The second-order valence-corrected chi connectivity index (χ2v) is 4.81. The van der Waals surface area contributed by atoms with Gasteiger partial charge in [-0.1, -0.05) is 36.4 Å². The van der Waals surface area contributed by atoms with Gasteiger partial charge in [-0.25, -0.2) is 9.59 Å². The highest BCUT2D eigenvalue weighted by Crippen LogP contribution is 2.03. The highest BCUT2D eigenvalue weighted by atomic mass is 16.2. The molecule has 2 aliphatic rings. The van der Waals surface area contributed by atoms with Gasteiger partial charge in [0.05, 0.1) is 0 Å². The summed E-state index contributed by atoms with van der Waals surface area (Å²) in [5.74, 6) is -4.18. The monoisotopic (exact) mass is 360 g/mol. The van der Waals surface area contributed by atoms with Gasteiger partial charge in [0.1, 0.15) is 0 Å². The van der Waals surface area contributed by atoms with E-state index in [1.165, 1.54) is 0 Å². The molecule has 2 heterocycles. The van der Waals surface area contributed by atoms with Crippen LogP contribution in [0.5, 0.6) is 0 Å². The largest absolute Gasteiger partial charge is 0.328 e. The van der Waals surface area contributed by atoms with Crippen molar-refractivity contribution in [1.82, 2.24) is 21.3 Å². The maximum absolute atomic E-state index is 11.3. The van der Waals surface area contributed by atoms with E-state index in [9.17, 15) is 28.8 Å². The van der Waals surface area contributed by atoms with E-state index in [1.807, 2.05) is 36.4 Å². The Labute approximate surface area is 145 Å². The Kier molecular flexibility index (Phi) is 5.82. The van der Waals surface area contributed by atoms with Gasteiger partial charge in [-0.2, -0.15) is 10.2 Å². The first-order valence-electron chi connectivity index (χ1n) is 7.10. The van der Waals surface area contributed by atoms with E-state index in [0.29, 0.717) is 0 Å². The van der Waals surface area contributed by atoms with Crippen LogP contribution in [0.15, 0.2) is 46.6 Å². The summed E-state index contributed by atoms with van der Waals surface area (Å²) in [4.78, 5) is 66.8. The lowest BCUT2D eigenvalue weighted by molar-refractivity contribution is -0.134. The van der Waals surface area contributed by atoms with Gasteiger partial charge in [0, 0.05) is 0 Å². The fraction of sp³-hybridized carbons (Fsp3) is 0.143. The summed E-state index contributed by atoms with van der Waals surface area (Å²) in [6.45, 7) is 0. The quantitative estimate of drug-likeness (QED) is 0.372. The van der Waals surface area contributed by atoms with Crippen molar-refractivity contribution < 1.29 is 28.8 Å². The predicted octanol–water partition coefficient (Wildman–Crippen LogP) is -1.41. The standard InChI is InChI=1S/C8H6N6O6.C6H6/c15-3-1(4(16)10-7(19)9-3)13-14-2-5(17)11-8(20)12-6(2)18;1-2-4-6-5-3-1/h1-2H,(H2,9,10,15,16,19)(H2,11,12,17,18,20);1-6H. The normalized spacial score (nSPS) is 18.5. The molecule has 0 saturated carbocycles. The number of azo groups is 1. The molecule has 26 heavy (non-hydrogen) atoms. The zero-order valence-electron chi connectivity index (χ0n) is 13.0. The minimum Gasteiger partial charge on any atom is -0.275 e. The molecule has 0 spiro atoms. The van der Waals surface area contributed by atoms with Gasteiger partial charge in [-0.3, -0.25) is 40.4 Å². The number of nitrogens with one attached hydrogen (secondary N) is 4. The number of carbonyl (C=O) groups is 6. The number of benzene rings is 1. The number of urea groups is 2. The highest BCUT2D eigenvalue weighted by molar-refractivity contribution is 6.20. The molecule has 0 unspecified atom stereocenters. The van der Waals surface area contributed by atoms with Crippen LogP contribution in [0.25, 0.3) is 0 Å². The van der Waals surface area contributed by atoms with Crippen LogP contribution >= 0.6 is 0 Å². The zero-order chi connectivity index (χ0) is 19.1. The van der Waals surface area contributed by atoms with Crippen LogP contribution in [0.1, 0.15) is 0 Å². The Hall–Kier alpha value is -3.96. The van der Waals surface area contributed by atoms with Crippen LogP contribution in [0.4, 0.5) is 9.59 Å². The summed E-state index contributed by atoms with van der Waals surface area (Å²) in [7, 11) is 0. The predicted molar refractivity (Wildman–Crippen MR) is 82.2 cm³/mol. The number of imide groups is 4. The summed E-state index contributed by atoms with van der Waals surface area (Å²) in [5.41, 5.74) is 0. The van der Waals surface area contributed by atoms with Crippen molar-refractivity contribution in [3.63, 3.8) is 0 Å². The second kappa shape index (κ2) is 8.23. The lowest BCUT2D eigenvalue weighted by Gasteiger charge is -2.18. The molecule has 0 radical (unpaired) electrons.